The molecule has 180 valence electrons. The summed E-state index contributed by atoms with van der Waals surface area (Å²) in [6.07, 6.45) is 7.20. The first-order valence-corrected chi connectivity index (χ1v) is 13.7. The van der Waals surface area contributed by atoms with E-state index < -0.39 is 15.3 Å². The molecule has 0 radical (unpaired) electrons. The molecule has 2 aromatic carbocycles. The van der Waals surface area contributed by atoms with E-state index in [-0.39, 0.29) is 30.3 Å². The van der Waals surface area contributed by atoms with Gasteiger partial charge >= 0.3 is 6.03 Å². The van der Waals surface area contributed by atoms with Crippen LogP contribution in [-0.2, 0) is 26.6 Å². The van der Waals surface area contributed by atoms with Gasteiger partial charge in [-0.1, -0.05) is 36.8 Å². The zero-order valence-corrected chi connectivity index (χ0v) is 20.0. The number of sulfone groups is 1. The van der Waals surface area contributed by atoms with Crippen molar-refractivity contribution >= 4 is 21.8 Å². The maximum Gasteiger partial charge on any atom is 0.324 e. The number of amides is 3. The van der Waals surface area contributed by atoms with Gasteiger partial charge in [0.25, 0.3) is 0 Å². The Hall–Kier alpha value is -2.87. The normalized spacial score (nSPS) is 20.3. The van der Waals surface area contributed by atoms with Gasteiger partial charge < -0.3 is 9.64 Å². The van der Waals surface area contributed by atoms with E-state index >= 15 is 0 Å². The van der Waals surface area contributed by atoms with Crippen molar-refractivity contribution in [2.75, 3.05) is 12.3 Å². The van der Waals surface area contributed by atoms with E-state index in [4.69, 9.17) is 4.74 Å². The second-order valence-corrected chi connectivity index (χ2v) is 11.8. The van der Waals surface area contributed by atoms with E-state index in [2.05, 4.69) is 5.32 Å². The molecule has 5 rings (SSSR count). The van der Waals surface area contributed by atoms with Gasteiger partial charge in [-0.25, -0.2) is 13.2 Å². The predicted molar refractivity (Wildman–Crippen MR) is 127 cm³/mol. The Labute approximate surface area is 200 Å². The molecular formula is C26H30N2O5S. The molecule has 0 aromatic heterocycles. The van der Waals surface area contributed by atoms with Crippen LogP contribution in [0.3, 0.4) is 0 Å². The highest BCUT2D eigenvalue weighted by Gasteiger charge is 2.43. The van der Waals surface area contributed by atoms with Crippen LogP contribution >= 0.6 is 0 Å². The molecule has 0 atom stereocenters. The number of nitrogens with zero attached hydrogens (tertiary/aromatic N) is 1. The fourth-order valence-corrected chi connectivity index (χ4v) is 7.23. The number of ether oxygens (including phenoxy) is 1. The van der Waals surface area contributed by atoms with Crippen LogP contribution in [0.15, 0.2) is 53.4 Å². The number of nitrogens with one attached hydrogen (secondary N) is 1. The molecule has 3 amide bonds. The molecule has 2 aliphatic carbocycles. The van der Waals surface area contributed by atoms with E-state index in [0.717, 1.165) is 56.1 Å². The number of rotatable bonds is 8. The lowest BCUT2D eigenvalue weighted by atomic mass is 9.66. The Morgan fingerprint density at radius 3 is 2.35 bits per heavy atom. The number of carbonyl (C=O) groups excluding carboxylic acids is 2. The van der Waals surface area contributed by atoms with Gasteiger partial charge in [-0.2, -0.15) is 0 Å². The van der Waals surface area contributed by atoms with Gasteiger partial charge in [-0.05, 0) is 67.9 Å². The average Bonchev–Trinajstić information content (AvgIpc) is 3.40. The second-order valence-electron chi connectivity index (χ2n) is 9.80. The number of hydrogen-bond acceptors (Lipinski definition) is 5. The van der Waals surface area contributed by atoms with E-state index in [1.54, 1.807) is 18.2 Å². The lowest BCUT2D eigenvalue weighted by molar-refractivity contribution is -0.118. The summed E-state index contributed by atoms with van der Waals surface area (Å²) in [5.41, 5.74) is 1.51. The third kappa shape index (κ3) is 4.69. The molecular weight excluding hydrogens is 452 g/mol. The minimum Gasteiger partial charge on any atom is -0.490 e. The first-order valence-electron chi connectivity index (χ1n) is 12.0. The summed E-state index contributed by atoms with van der Waals surface area (Å²) in [5.74, 6) is 0.400. The minimum absolute atomic E-state index is 0.0618. The monoisotopic (exact) mass is 482 g/mol. The van der Waals surface area contributed by atoms with Crippen LogP contribution in [0.4, 0.5) is 4.79 Å². The number of carbonyl (C=O) groups is 2. The van der Waals surface area contributed by atoms with Crippen molar-refractivity contribution in [3.05, 3.63) is 59.7 Å². The fraction of sp³-hybridized carbons (Fsp3) is 0.462. The summed E-state index contributed by atoms with van der Waals surface area (Å²) in [7, 11) is -3.50. The van der Waals surface area contributed by atoms with Crippen LogP contribution in [0.25, 0.3) is 0 Å². The van der Waals surface area contributed by atoms with Crippen LogP contribution in [0.1, 0.15) is 56.1 Å². The third-order valence-electron chi connectivity index (χ3n) is 7.35. The van der Waals surface area contributed by atoms with Crippen molar-refractivity contribution in [2.24, 2.45) is 0 Å². The van der Waals surface area contributed by atoms with Crippen LogP contribution in [0, 0.1) is 0 Å². The van der Waals surface area contributed by atoms with E-state index in [9.17, 15) is 18.0 Å². The zero-order chi connectivity index (χ0) is 23.8. The van der Waals surface area contributed by atoms with Crippen LogP contribution in [-0.4, -0.2) is 43.7 Å². The van der Waals surface area contributed by atoms with Gasteiger partial charge in [0.15, 0.2) is 9.84 Å². The van der Waals surface area contributed by atoms with Crippen LogP contribution in [0.2, 0.25) is 0 Å². The minimum atomic E-state index is -3.50. The predicted octanol–water partition coefficient (Wildman–Crippen LogP) is 3.96. The molecule has 8 heteroatoms. The smallest absolute Gasteiger partial charge is 0.324 e. The molecule has 1 heterocycles. The number of urea groups is 1. The van der Waals surface area contributed by atoms with E-state index in [1.165, 1.54) is 4.90 Å². The molecule has 0 unspecified atom stereocenters. The molecule has 34 heavy (non-hydrogen) atoms. The molecule has 1 N–H and O–H groups in total. The molecule has 3 aliphatic rings. The van der Waals surface area contributed by atoms with E-state index in [0.29, 0.717) is 17.2 Å². The largest absolute Gasteiger partial charge is 0.490 e. The Morgan fingerprint density at radius 2 is 1.74 bits per heavy atom. The Kier molecular flexibility index (Phi) is 6.10. The number of imide groups is 1. The van der Waals surface area contributed by atoms with Gasteiger partial charge in [0, 0.05) is 12.0 Å². The zero-order valence-electron chi connectivity index (χ0n) is 19.2. The van der Waals surface area contributed by atoms with Crippen LogP contribution < -0.4 is 10.1 Å². The number of hydrogen-bond donors (Lipinski definition) is 1. The standard InChI is InChI=1S/C26H30N2O5S/c29-24-17-28(25(30)27-24)16-19-9-11-20(12-10-19)26(13-4-14-26)18-34(31,32)23-8-3-7-22(15-23)33-21-5-1-2-6-21/h3,7-12,15,21H,1-2,4-6,13-14,16-18H2,(H,27,29,30). The Balaban J connectivity index is 1.30. The maximum atomic E-state index is 13.4. The van der Waals surface area contributed by atoms with Crippen molar-refractivity contribution in [3.63, 3.8) is 0 Å². The Bertz CT molecular complexity index is 1180. The molecule has 3 fully saturated rings. The summed E-state index contributed by atoms with van der Waals surface area (Å²) >= 11 is 0. The van der Waals surface area contributed by atoms with Crippen molar-refractivity contribution in [1.82, 2.24) is 10.2 Å². The van der Waals surface area contributed by atoms with Crippen molar-refractivity contribution < 1.29 is 22.7 Å². The molecule has 0 bridgehead atoms. The SMILES string of the molecule is O=C1CN(Cc2ccc(C3(CS(=O)(=O)c4cccc(OC5CCCC5)c4)CCC3)cc2)C(=O)N1. The molecule has 0 spiro atoms. The van der Waals surface area contributed by atoms with Crippen molar-refractivity contribution in [3.8, 4) is 5.75 Å². The Morgan fingerprint density at radius 1 is 1.00 bits per heavy atom. The lowest BCUT2D eigenvalue weighted by Crippen LogP contribution is -2.41. The number of benzene rings is 2. The summed E-state index contributed by atoms with van der Waals surface area (Å²) in [4.78, 5) is 25.0. The highest BCUT2D eigenvalue weighted by molar-refractivity contribution is 7.91. The van der Waals surface area contributed by atoms with Gasteiger partial charge in [0.05, 0.1) is 16.8 Å². The maximum absolute atomic E-state index is 13.4. The summed E-state index contributed by atoms with van der Waals surface area (Å²) in [6, 6.07) is 14.3. The van der Waals surface area contributed by atoms with Crippen molar-refractivity contribution in [2.45, 2.75) is 67.9 Å². The quantitative estimate of drug-likeness (QED) is 0.575. The topological polar surface area (TPSA) is 92.8 Å². The van der Waals surface area contributed by atoms with Gasteiger partial charge in [0.2, 0.25) is 5.91 Å². The molecule has 1 aliphatic heterocycles. The van der Waals surface area contributed by atoms with Crippen molar-refractivity contribution in [1.29, 1.82) is 0 Å². The molecule has 2 saturated carbocycles. The third-order valence-corrected chi connectivity index (χ3v) is 9.26. The average molecular weight is 483 g/mol. The highest BCUT2D eigenvalue weighted by Crippen LogP contribution is 2.46. The summed E-state index contributed by atoms with van der Waals surface area (Å²) in [6.45, 7) is 0.406. The van der Waals surface area contributed by atoms with Gasteiger partial charge in [0.1, 0.15) is 12.3 Å². The van der Waals surface area contributed by atoms with Gasteiger partial charge in [-0.15, -0.1) is 0 Å². The summed E-state index contributed by atoms with van der Waals surface area (Å²) < 4.78 is 32.9. The lowest BCUT2D eigenvalue weighted by Gasteiger charge is -2.42. The van der Waals surface area contributed by atoms with Gasteiger partial charge in [-0.3, -0.25) is 10.1 Å². The second kappa shape index (κ2) is 9.06. The van der Waals surface area contributed by atoms with E-state index in [1.807, 2.05) is 30.3 Å². The fourth-order valence-electron chi connectivity index (χ4n) is 5.30. The first kappa shape index (κ1) is 22.9. The molecule has 2 aromatic rings. The summed E-state index contributed by atoms with van der Waals surface area (Å²) in [5, 5.41) is 2.28. The molecule has 7 nitrogen and oxygen atoms in total. The first-order chi connectivity index (χ1) is 16.3. The molecule has 1 saturated heterocycles. The highest BCUT2D eigenvalue weighted by atomic mass is 32.2. The van der Waals surface area contributed by atoms with Crippen LogP contribution in [0.5, 0.6) is 5.75 Å².